The molecule has 1 N–H and O–H groups in total. The van der Waals surface area contributed by atoms with Gasteiger partial charge in [-0.05, 0) is 30.5 Å². The topological polar surface area (TPSA) is 37.3 Å². The minimum absolute atomic E-state index is 0. The predicted octanol–water partition coefficient (Wildman–Crippen LogP) is 3.90. The van der Waals surface area contributed by atoms with Gasteiger partial charge in [0.2, 0.25) is 0 Å². The monoisotopic (exact) mass is 318 g/mol. The van der Waals surface area contributed by atoms with Crippen molar-refractivity contribution in [1.29, 1.82) is 0 Å². The number of rotatable bonds is 7. The number of carbonyl (C=O) groups is 1. The molecule has 0 aliphatic carbocycles. The molecule has 1 aromatic carbocycles. The van der Waals surface area contributed by atoms with Crippen LogP contribution in [0, 0.1) is 0 Å². The average molecular weight is 316 g/mol. The summed E-state index contributed by atoms with van der Waals surface area (Å²) in [6.45, 7) is 2.21. The van der Waals surface area contributed by atoms with Crippen LogP contribution in [0.25, 0.3) is 0 Å². The van der Waals surface area contributed by atoms with E-state index >= 15 is 0 Å². The van der Waals surface area contributed by atoms with Gasteiger partial charge in [-0.15, -0.1) is 0 Å². The second-order valence-electron chi connectivity index (χ2n) is 4.17. The zero-order chi connectivity index (χ0) is 11.8. The maximum Gasteiger partial charge on any atom is 0.335 e. The third kappa shape index (κ3) is 6.63. The van der Waals surface area contributed by atoms with Gasteiger partial charge >= 0.3 is 5.97 Å². The maximum absolute atomic E-state index is 10.6. The maximum atomic E-state index is 10.6. The largest absolute Gasteiger partial charge is 0.478 e. The number of aromatic carboxylic acids is 1. The second-order valence-corrected chi connectivity index (χ2v) is 4.17. The first-order valence-corrected chi connectivity index (χ1v) is 6.06. The van der Waals surface area contributed by atoms with Gasteiger partial charge < -0.3 is 5.11 Å². The molecule has 1 rings (SSSR count). The van der Waals surface area contributed by atoms with E-state index in [0.717, 1.165) is 6.42 Å². The number of carboxylic acid groups (broad SMARTS) is 1. The molecule has 0 unspecified atom stereocenters. The summed E-state index contributed by atoms with van der Waals surface area (Å²) in [6.07, 6.45) is 7.43. The molecule has 94 valence electrons. The summed E-state index contributed by atoms with van der Waals surface area (Å²) in [5.74, 6) is -0.852. The van der Waals surface area contributed by atoms with Crippen molar-refractivity contribution in [1.82, 2.24) is 0 Å². The summed E-state index contributed by atoms with van der Waals surface area (Å²) in [5, 5.41) is 8.75. The van der Waals surface area contributed by atoms with Crippen LogP contribution in [-0.4, -0.2) is 11.1 Å². The zero-order valence-electron chi connectivity index (χ0n) is 10.3. The normalized spacial score (nSPS) is 9.71. The molecule has 0 saturated carbocycles. The van der Waals surface area contributed by atoms with Crippen LogP contribution >= 0.6 is 0 Å². The van der Waals surface area contributed by atoms with Gasteiger partial charge in [-0.2, -0.15) is 0 Å². The van der Waals surface area contributed by atoms with Crippen LogP contribution in [0.5, 0.6) is 0 Å². The van der Waals surface area contributed by atoms with E-state index < -0.39 is 5.97 Å². The van der Waals surface area contributed by atoms with Gasteiger partial charge in [-0.1, -0.05) is 44.7 Å². The van der Waals surface area contributed by atoms with E-state index in [0.29, 0.717) is 5.56 Å². The number of hydrogen-bond acceptors (Lipinski definition) is 1. The number of benzene rings is 1. The molecule has 0 atom stereocenters. The van der Waals surface area contributed by atoms with Crippen LogP contribution in [-0.2, 0) is 27.5 Å². The minimum Gasteiger partial charge on any atom is -0.478 e. The number of unbranched alkanes of at least 4 members (excludes halogenated alkanes) is 4. The van der Waals surface area contributed by atoms with E-state index in [2.05, 4.69) is 6.92 Å². The van der Waals surface area contributed by atoms with E-state index in [-0.39, 0.29) is 21.1 Å². The number of hydrogen-bond donors (Lipinski definition) is 1. The Labute approximate surface area is 118 Å². The predicted molar refractivity (Wildman–Crippen MR) is 65.9 cm³/mol. The van der Waals surface area contributed by atoms with Crippen molar-refractivity contribution in [2.45, 2.75) is 45.4 Å². The van der Waals surface area contributed by atoms with Crippen molar-refractivity contribution in [2.75, 3.05) is 0 Å². The minimum atomic E-state index is -0.852. The molecule has 2 nitrogen and oxygen atoms in total. The third-order valence-electron chi connectivity index (χ3n) is 2.77. The van der Waals surface area contributed by atoms with E-state index in [1.165, 1.54) is 37.7 Å². The summed E-state index contributed by atoms with van der Waals surface area (Å²) >= 11 is 0. The van der Waals surface area contributed by atoms with Gasteiger partial charge in [0, 0.05) is 21.1 Å². The first kappa shape index (κ1) is 16.4. The molecule has 0 aliphatic rings. The Balaban J connectivity index is 0.00000256. The standard InChI is InChI=1S/C14H20O2.Mo/c1-2-3-4-5-6-7-12-8-10-13(11-9-12)14(15)16;/h8-11H,2-7H2,1H3,(H,15,16);. The first-order valence-electron chi connectivity index (χ1n) is 6.06. The fraction of sp³-hybridized carbons (Fsp3) is 0.500. The third-order valence-corrected chi connectivity index (χ3v) is 2.77. The summed E-state index contributed by atoms with van der Waals surface area (Å²) in [5.41, 5.74) is 1.61. The Morgan fingerprint density at radius 2 is 1.65 bits per heavy atom. The Morgan fingerprint density at radius 1 is 1.06 bits per heavy atom. The fourth-order valence-corrected chi connectivity index (χ4v) is 1.75. The number of aryl methyl sites for hydroxylation is 1. The summed E-state index contributed by atoms with van der Waals surface area (Å²) < 4.78 is 0. The molecular formula is C14H20MoO2. The molecule has 3 heteroatoms. The van der Waals surface area contributed by atoms with Crippen molar-refractivity contribution < 1.29 is 31.0 Å². The Hall–Kier alpha value is -0.622. The van der Waals surface area contributed by atoms with Crippen LogP contribution in [0.1, 0.15) is 54.9 Å². The van der Waals surface area contributed by atoms with Crippen molar-refractivity contribution in [2.24, 2.45) is 0 Å². The van der Waals surface area contributed by atoms with E-state index in [4.69, 9.17) is 5.11 Å². The van der Waals surface area contributed by atoms with E-state index in [9.17, 15) is 4.79 Å². The van der Waals surface area contributed by atoms with Gasteiger partial charge in [0.05, 0.1) is 5.56 Å². The summed E-state index contributed by atoms with van der Waals surface area (Å²) in [7, 11) is 0. The van der Waals surface area contributed by atoms with Crippen molar-refractivity contribution in [3.05, 3.63) is 35.4 Å². The molecule has 0 bridgehead atoms. The van der Waals surface area contributed by atoms with Crippen LogP contribution < -0.4 is 0 Å². The van der Waals surface area contributed by atoms with Crippen molar-refractivity contribution >= 4 is 5.97 Å². The quantitative estimate of drug-likeness (QED) is 0.612. The van der Waals surface area contributed by atoms with E-state index in [1.54, 1.807) is 12.1 Å². The molecule has 0 saturated heterocycles. The Bertz CT molecular complexity index is 319. The molecule has 0 fully saturated rings. The molecule has 0 aliphatic heterocycles. The molecule has 0 radical (unpaired) electrons. The van der Waals surface area contributed by atoms with Gasteiger partial charge in [-0.3, -0.25) is 0 Å². The second kappa shape index (κ2) is 9.41. The Morgan fingerprint density at radius 3 is 2.18 bits per heavy atom. The molecule has 0 amide bonds. The molecule has 0 heterocycles. The first-order chi connectivity index (χ1) is 7.74. The average Bonchev–Trinajstić information content (AvgIpc) is 2.29. The van der Waals surface area contributed by atoms with Crippen LogP contribution in [0.4, 0.5) is 0 Å². The van der Waals surface area contributed by atoms with E-state index in [1.807, 2.05) is 12.1 Å². The SMILES string of the molecule is CCCCCCCc1ccc(C(=O)O)cc1.[Mo]. The molecular weight excluding hydrogens is 296 g/mol. The van der Waals surface area contributed by atoms with Crippen LogP contribution in [0.15, 0.2) is 24.3 Å². The van der Waals surface area contributed by atoms with Gasteiger partial charge in [0.25, 0.3) is 0 Å². The van der Waals surface area contributed by atoms with Crippen molar-refractivity contribution in [3.8, 4) is 0 Å². The van der Waals surface area contributed by atoms with Crippen LogP contribution in [0.2, 0.25) is 0 Å². The fourth-order valence-electron chi connectivity index (χ4n) is 1.75. The molecule has 17 heavy (non-hydrogen) atoms. The van der Waals surface area contributed by atoms with Gasteiger partial charge in [0.15, 0.2) is 0 Å². The Kier molecular flexibility index (Phi) is 9.07. The van der Waals surface area contributed by atoms with Crippen molar-refractivity contribution in [3.63, 3.8) is 0 Å². The molecule has 1 aromatic rings. The van der Waals surface area contributed by atoms with Gasteiger partial charge in [0.1, 0.15) is 0 Å². The van der Waals surface area contributed by atoms with Crippen LogP contribution in [0.3, 0.4) is 0 Å². The summed E-state index contributed by atoms with van der Waals surface area (Å²) in [6, 6.07) is 7.21. The number of carboxylic acids is 1. The summed E-state index contributed by atoms with van der Waals surface area (Å²) in [4.78, 5) is 10.6. The zero-order valence-corrected chi connectivity index (χ0v) is 12.3. The molecule has 0 spiro atoms. The smallest absolute Gasteiger partial charge is 0.335 e. The molecule has 0 aromatic heterocycles. The van der Waals surface area contributed by atoms with Gasteiger partial charge in [-0.25, -0.2) is 4.79 Å².